The van der Waals surface area contributed by atoms with Crippen LogP contribution in [-0.2, 0) is 6.54 Å². The van der Waals surface area contributed by atoms with Crippen LogP contribution in [0.4, 0.5) is 5.82 Å². The Morgan fingerprint density at radius 1 is 1.41 bits per heavy atom. The molecule has 0 bridgehead atoms. The van der Waals surface area contributed by atoms with Crippen molar-refractivity contribution in [3.8, 4) is 0 Å². The van der Waals surface area contributed by atoms with Crippen LogP contribution >= 0.6 is 12.4 Å². The second kappa shape index (κ2) is 5.69. The molecule has 0 fully saturated rings. The Morgan fingerprint density at radius 3 is 2.76 bits per heavy atom. The predicted octanol–water partition coefficient (Wildman–Crippen LogP) is 2.55. The van der Waals surface area contributed by atoms with Crippen molar-refractivity contribution >= 4 is 18.2 Å². The van der Waals surface area contributed by atoms with Gasteiger partial charge < -0.3 is 10.2 Å². The molecule has 2 heterocycles. The van der Waals surface area contributed by atoms with E-state index in [-0.39, 0.29) is 12.4 Å². The van der Waals surface area contributed by atoms with E-state index in [1.54, 1.807) is 0 Å². The SMILES string of the molecule is CC(C)N(C)c1ccc2c(n1)[C@@H](C)CNC2.Cl. The molecule has 1 atom stereocenters. The Balaban J connectivity index is 0.00000144. The first-order valence-corrected chi connectivity index (χ1v) is 6.03. The van der Waals surface area contributed by atoms with Crippen molar-refractivity contribution in [3.63, 3.8) is 0 Å². The highest BCUT2D eigenvalue weighted by atomic mass is 35.5. The number of aromatic nitrogens is 1. The first kappa shape index (κ1) is 14.3. The fraction of sp³-hybridized carbons (Fsp3) is 0.615. The van der Waals surface area contributed by atoms with Gasteiger partial charge in [-0.25, -0.2) is 4.98 Å². The highest BCUT2D eigenvalue weighted by Crippen LogP contribution is 2.24. The van der Waals surface area contributed by atoms with Crippen molar-refractivity contribution in [3.05, 3.63) is 23.4 Å². The zero-order valence-corrected chi connectivity index (χ0v) is 11.8. The van der Waals surface area contributed by atoms with E-state index in [1.165, 1.54) is 11.3 Å². The van der Waals surface area contributed by atoms with Gasteiger partial charge in [0.25, 0.3) is 0 Å². The summed E-state index contributed by atoms with van der Waals surface area (Å²) in [5.74, 6) is 1.60. The summed E-state index contributed by atoms with van der Waals surface area (Å²) in [6.45, 7) is 8.60. The standard InChI is InChI=1S/C13H21N3.ClH/c1-9(2)16(4)12-6-5-11-8-14-7-10(3)13(11)15-12;/h5-6,9-10,14H,7-8H2,1-4H3;1H/t10-;/m0./s1. The molecule has 1 aromatic heterocycles. The first-order valence-electron chi connectivity index (χ1n) is 6.03. The van der Waals surface area contributed by atoms with Crippen LogP contribution < -0.4 is 10.2 Å². The molecule has 0 radical (unpaired) electrons. The van der Waals surface area contributed by atoms with Gasteiger partial charge in [-0.3, -0.25) is 0 Å². The summed E-state index contributed by atoms with van der Waals surface area (Å²) in [7, 11) is 2.10. The van der Waals surface area contributed by atoms with Gasteiger partial charge in [0.2, 0.25) is 0 Å². The quantitative estimate of drug-likeness (QED) is 0.881. The lowest BCUT2D eigenvalue weighted by Crippen LogP contribution is -2.30. The molecule has 0 spiro atoms. The number of nitrogens with one attached hydrogen (secondary N) is 1. The molecule has 4 heteroatoms. The van der Waals surface area contributed by atoms with Crippen LogP contribution in [0.2, 0.25) is 0 Å². The number of rotatable bonds is 2. The number of nitrogens with zero attached hydrogens (tertiary/aromatic N) is 2. The van der Waals surface area contributed by atoms with Crippen molar-refractivity contribution < 1.29 is 0 Å². The average Bonchev–Trinajstić information content (AvgIpc) is 2.28. The molecular formula is C13H22ClN3. The Kier molecular flexibility index (Phi) is 4.78. The van der Waals surface area contributed by atoms with E-state index in [4.69, 9.17) is 4.98 Å². The molecule has 1 N–H and O–H groups in total. The lowest BCUT2D eigenvalue weighted by molar-refractivity contribution is 0.555. The van der Waals surface area contributed by atoms with E-state index < -0.39 is 0 Å². The monoisotopic (exact) mass is 255 g/mol. The third-order valence-corrected chi connectivity index (χ3v) is 3.37. The van der Waals surface area contributed by atoms with Crippen LogP contribution in [0, 0.1) is 0 Å². The maximum absolute atomic E-state index is 4.80. The minimum Gasteiger partial charge on any atom is -0.357 e. The van der Waals surface area contributed by atoms with Crippen LogP contribution in [0.1, 0.15) is 37.9 Å². The third-order valence-electron chi connectivity index (χ3n) is 3.37. The molecule has 2 rings (SSSR count). The third kappa shape index (κ3) is 2.90. The van der Waals surface area contributed by atoms with Crippen LogP contribution in [0.3, 0.4) is 0 Å². The van der Waals surface area contributed by atoms with Gasteiger partial charge in [0, 0.05) is 32.1 Å². The summed E-state index contributed by atoms with van der Waals surface area (Å²) >= 11 is 0. The zero-order valence-electron chi connectivity index (χ0n) is 11.0. The summed E-state index contributed by atoms with van der Waals surface area (Å²) in [4.78, 5) is 7.02. The van der Waals surface area contributed by atoms with E-state index in [9.17, 15) is 0 Å². The van der Waals surface area contributed by atoms with Crippen molar-refractivity contribution in [1.29, 1.82) is 0 Å². The summed E-state index contributed by atoms with van der Waals surface area (Å²) in [6, 6.07) is 4.82. The minimum absolute atomic E-state index is 0. The summed E-state index contributed by atoms with van der Waals surface area (Å²) in [5, 5.41) is 3.41. The minimum atomic E-state index is 0. The van der Waals surface area contributed by atoms with E-state index >= 15 is 0 Å². The molecule has 0 saturated heterocycles. The van der Waals surface area contributed by atoms with E-state index in [1.807, 2.05) is 0 Å². The molecule has 1 aliphatic rings. The maximum atomic E-state index is 4.80. The Labute approximate surface area is 110 Å². The van der Waals surface area contributed by atoms with Gasteiger partial charge in [-0.15, -0.1) is 12.4 Å². The summed E-state index contributed by atoms with van der Waals surface area (Å²) in [6.07, 6.45) is 0. The molecule has 17 heavy (non-hydrogen) atoms. The summed E-state index contributed by atoms with van der Waals surface area (Å²) < 4.78 is 0. The number of anilines is 1. The first-order chi connectivity index (χ1) is 7.59. The second-order valence-electron chi connectivity index (χ2n) is 4.95. The molecule has 3 nitrogen and oxygen atoms in total. The maximum Gasteiger partial charge on any atom is 0.128 e. The van der Waals surface area contributed by atoms with E-state index in [0.717, 1.165) is 18.9 Å². The predicted molar refractivity (Wildman–Crippen MR) is 75.1 cm³/mol. The number of pyridine rings is 1. The topological polar surface area (TPSA) is 28.2 Å². The number of fused-ring (bicyclic) bond motifs is 1. The van der Waals surface area contributed by atoms with Gasteiger partial charge >= 0.3 is 0 Å². The number of halogens is 1. The highest BCUT2D eigenvalue weighted by Gasteiger charge is 2.18. The fourth-order valence-electron chi connectivity index (χ4n) is 2.05. The molecule has 0 unspecified atom stereocenters. The molecule has 0 aliphatic carbocycles. The molecule has 1 aliphatic heterocycles. The normalized spacial score (nSPS) is 18.5. The van der Waals surface area contributed by atoms with Gasteiger partial charge in [-0.2, -0.15) is 0 Å². The molecule has 0 saturated carbocycles. The smallest absolute Gasteiger partial charge is 0.128 e. The van der Waals surface area contributed by atoms with Gasteiger partial charge in [0.15, 0.2) is 0 Å². The molecule has 1 aromatic rings. The highest BCUT2D eigenvalue weighted by molar-refractivity contribution is 5.85. The number of hydrogen-bond donors (Lipinski definition) is 1. The summed E-state index contributed by atoms with van der Waals surface area (Å²) in [5.41, 5.74) is 2.61. The van der Waals surface area contributed by atoms with Gasteiger partial charge in [-0.1, -0.05) is 13.0 Å². The van der Waals surface area contributed by atoms with Crippen LogP contribution in [0.15, 0.2) is 12.1 Å². The van der Waals surface area contributed by atoms with Crippen LogP contribution in [-0.4, -0.2) is 24.6 Å². The second-order valence-corrected chi connectivity index (χ2v) is 4.95. The average molecular weight is 256 g/mol. The Bertz CT molecular complexity index is 379. The molecule has 0 amide bonds. The lowest BCUT2D eigenvalue weighted by atomic mass is 9.98. The Morgan fingerprint density at radius 2 is 2.12 bits per heavy atom. The zero-order chi connectivity index (χ0) is 11.7. The molecular weight excluding hydrogens is 234 g/mol. The Hall–Kier alpha value is -0.800. The van der Waals surface area contributed by atoms with E-state index in [0.29, 0.717) is 12.0 Å². The van der Waals surface area contributed by atoms with Gasteiger partial charge in [0.1, 0.15) is 5.82 Å². The molecule has 0 aromatic carbocycles. The van der Waals surface area contributed by atoms with E-state index in [2.05, 4.69) is 50.2 Å². The van der Waals surface area contributed by atoms with Crippen molar-refractivity contribution in [2.24, 2.45) is 0 Å². The van der Waals surface area contributed by atoms with Crippen LogP contribution in [0.5, 0.6) is 0 Å². The molecule has 96 valence electrons. The largest absolute Gasteiger partial charge is 0.357 e. The number of hydrogen-bond acceptors (Lipinski definition) is 3. The lowest BCUT2D eigenvalue weighted by Gasteiger charge is -2.27. The van der Waals surface area contributed by atoms with Crippen molar-refractivity contribution in [1.82, 2.24) is 10.3 Å². The van der Waals surface area contributed by atoms with Crippen molar-refractivity contribution in [2.45, 2.75) is 39.3 Å². The van der Waals surface area contributed by atoms with Gasteiger partial charge in [0.05, 0.1) is 5.69 Å². The van der Waals surface area contributed by atoms with Crippen molar-refractivity contribution in [2.75, 3.05) is 18.5 Å². The fourth-order valence-corrected chi connectivity index (χ4v) is 2.05. The van der Waals surface area contributed by atoms with Gasteiger partial charge in [-0.05, 0) is 25.5 Å². The van der Waals surface area contributed by atoms with Crippen LogP contribution in [0.25, 0.3) is 0 Å².